The third kappa shape index (κ3) is 12.3. The van der Waals surface area contributed by atoms with Gasteiger partial charge in [0, 0.05) is 12.7 Å². The molecule has 0 bridgehead atoms. The van der Waals surface area contributed by atoms with Gasteiger partial charge in [0.05, 0.1) is 5.88 Å². The number of hydrogen-bond donors (Lipinski definition) is 0. The second-order valence-corrected chi connectivity index (χ2v) is 10.1. The van der Waals surface area contributed by atoms with Gasteiger partial charge >= 0.3 is 36.4 Å². The molecule has 0 aliphatic carbocycles. The molecule has 9 heteroatoms. The summed E-state index contributed by atoms with van der Waals surface area (Å²) in [6.45, 7) is 1.03. The maximum atomic E-state index is 9.93. The van der Waals surface area contributed by atoms with Crippen molar-refractivity contribution in [1.29, 1.82) is 0 Å². The molecule has 1 heterocycles. The molecule has 0 unspecified atom stereocenters. The van der Waals surface area contributed by atoms with Gasteiger partial charge in [-0.05, 0) is 11.0 Å². The van der Waals surface area contributed by atoms with E-state index in [0.717, 1.165) is 12.4 Å². The summed E-state index contributed by atoms with van der Waals surface area (Å²) in [5.74, 6) is 1.09. The Bertz CT molecular complexity index is 432. The summed E-state index contributed by atoms with van der Waals surface area (Å²) in [6, 6.07) is 10.6. The number of nitrogens with zero attached hydrogens (tertiary/aromatic N) is 1. The fourth-order valence-electron chi connectivity index (χ4n) is 1.23. The second kappa shape index (κ2) is 5.13. The van der Waals surface area contributed by atoms with Gasteiger partial charge < -0.3 is 4.90 Å². The van der Waals surface area contributed by atoms with Crippen LogP contribution in [0.25, 0.3) is 0 Å². The van der Waals surface area contributed by atoms with Crippen molar-refractivity contribution in [3.8, 4) is 0 Å². The molecule has 1 aromatic rings. The van der Waals surface area contributed by atoms with Crippen LogP contribution in [0.4, 0.5) is 16.9 Å². The minimum absolute atomic E-state index is 1.03. The third-order valence-electron chi connectivity index (χ3n) is 1.84. The molecule has 1 aliphatic rings. The van der Waals surface area contributed by atoms with Crippen LogP contribution in [0.1, 0.15) is 5.56 Å². The Balaban J connectivity index is 0.000000224. The molecule has 0 spiro atoms. The van der Waals surface area contributed by atoms with E-state index in [1.165, 1.54) is 5.56 Å². The molecule has 0 saturated carbocycles. The molecule has 0 aromatic heterocycles. The molecule has 0 radical (unpaired) electrons. The van der Waals surface area contributed by atoms with Gasteiger partial charge in [-0.15, -0.1) is 11.8 Å². The van der Waals surface area contributed by atoms with Crippen LogP contribution < -0.4 is 0 Å². The summed E-state index contributed by atoms with van der Waals surface area (Å²) >= 11 is -9.40. The topological polar surface area (TPSA) is 3.24 Å². The molecule has 2 rings (SSSR count). The monoisotopic (exact) mass is 412 g/mol. The Kier molecular flexibility index (Phi) is 4.47. The Labute approximate surface area is 113 Å². The van der Waals surface area contributed by atoms with Crippen LogP contribution in [0.3, 0.4) is 0 Å². The van der Waals surface area contributed by atoms with Crippen LogP contribution in [0.5, 0.6) is 0 Å². The molecule has 0 fully saturated rings. The average Bonchev–Trinajstić information content (AvgIpc) is 2.67. The van der Waals surface area contributed by atoms with E-state index >= 15 is 0 Å². The second-order valence-electron chi connectivity index (χ2n) is 3.77. The average molecular weight is 413 g/mol. The van der Waals surface area contributed by atoms with E-state index in [-0.39, 0.29) is 0 Å². The molecular weight excluding hydrogens is 402 g/mol. The quantitative estimate of drug-likeness (QED) is 0.506. The zero-order chi connectivity index (χ0) is 14.6. The van der Waals surface area contributed by atoms with Gasteiger partial charge in [-0.25, -0.2) is 0 Å². The zero-order valence-corrected chi connectivity index (χ0v) is 12.9. The van der Waals surface area contributed by atoms with Crippen molar-refractivity contribution in [3.63, 3.8) is 0 Å². The van der Waals surface area contributed by atoms with E-state index in [0.29, 0.717) is 0 Å². The van der Waals surface area contributed by atoms with Crippen LogP contribution in [-0.2, 0) is 6.54 Å². The molecule has 1 aromatic carbocycles. The van der Waals surface area contributed by atoms with Crippen molar-refractivity contribution in [2.45, 2.75) is 6.54 Å². The normalized spacial score (nSPS) is 18.3. The fraction of sp³-hybridized carbons (Fsp3) is 0.200. The van der Waals surface area contributed by atoms with Crippen molar-refractivity contribution in [1.82, 2.24) is 4.90 Å². The van der Waals surface area contributed by atoms with Crippen molar-refractivity contribution < 1.29 is 16.9 Å². The van der Waals surface area contributed by atoms with Crippen molar-refractivity contribution in [3.05, 3.63) is 47.5 Å². The molecule has 0 saturated heterocycles. The van der Waals surface area contributed by atoms with Crippen LogP contribution in [-0.4, -0.2) is 30.3 Å². The number of thioether (sulfide) groups is 1. The summed E-state index contributed by atoms with van der Waals surface area (Å²) < 4.78 is 59.6. The number of halogens is 6. The van der Waals surface area contributed by atoms with Crippen LogP contribution in [0.15, 0.2) is 41.9 Å². The molecule has 0 atom stereocenters. The Hall–Kier alpha value is -0.492. The summed E-state index contributed by atoms with van der Waals surface area (Å²) in [4.78, 5) is 2.31. The van der Waals surface area contributed by atoms with Crippen molar-refractivity contribution in [2.75, 3.05) is 5.88 Å². The summed E-state index contributed by atoms with van der Waals surface area (Å²) in [5, 5.41) is 2.14. The first-order valence-corrected chi connectivity index (χ1v) is 11.9. The van der Waals surface area contributed by atoms with Crippen molar-refractivity contribution in [2.24, 2.45) is 0 Å². The van der Waals surface area contributed by atoms with Crippen molar-refractivity contribution >= 4 is 31.2 Å². The van der Waals surface area contributed by atoms with Gasteiger partial charge in [0.15, 0.2) is 0 Å². The van der Waals surface area contributed by atoms with E-state index in [4.69, 9.17) is 0 Å². The van der Waals surface area contributed by atoms with Gasteiger partial charge in [-0.1, -0.05) is 30.3 Å². The molecule has 1 nitrogen and oxygen atoms in total. The maximum absolute atomic E-state index is 11.2. The Morgan fingerprint density at radius 2 is 1.53 bits per heavy atom. The molecule has 0 N–H and O–H groups in total. The fourth-order valence-corrected chi connectivity index (χ4v) is 1.94. The van der Waals surface area contributed by atoms with Crippen LogP contribution in [0, 0.1) is 0 Å². The summed E-state index contributed by atoms with van der Waals surface area (Å²) in [5.41, 5.74) is 1.38. The van der Waals surface area contributed by atoms with E-state index in [2.05, 4.69) is 46.8 Å². The van der Waals surface area contributed by atoms with E-state index < -0.39 is 19.5 Å². The minimum atomic E-state index is -11.2. The molecular formula is C10H11F6NSSb-. The number of hydrogen-bond acceptors (Lipinski definition) is 2. The molecule has 1 aliphatic heterocycles. The predicted octanol–water partition coefficient (Wildman–Crippen LogP) is 4.80. The van der Waals surface area contributed by atoms with Gasteiger partial charge in [-0.3, -0.25) is 0 Å². The third-order valence-corrected chi connectivity index (χ3v) is 2.63. The predicted molar refractivity (Wildman–Crippen MR) is 66.0 cm³/mol. The Morgan fingerprint density at radius 3 is 1.95 bits per heavy atom. The SMILES string of the molecule is C1=CN(Cc2ccccc2)CS1.[F][Sb-]([F])([F])([F])([F])[F]. The zero-order valence-electron chi connectivity index (χ0n) is 9.53. The first kappa shape index (κ1) is 16.6. The first-order chi connectivity index (χ1) is 8.40. The summed E-state index contributed by atoms with van der Waals surface area (Å²) in [7, 11) is 0. The molecule has 0 amide bonds. The van der Waals surface area contributed by atoms with E-state index in [1.54, 1.807) is 0 Å². The van der Waals surface area contributed by atoms with Gasteiger partial charge in [0.2, 0.25) is 0 Å². The summed E-state index contributed by atoms with van der Waals surface area (Å²) in [6.07, 6.45) is 2.15. The number of benzene rings is 1. The Morgan fingerprint density at radius 1 is 1.00 bits per heavy atom. The number of rotatable bonds is 2. The first-order valence-electron chi connectivity index (χ1n) is 5.03. The van der Waals surface area contributed by atoms with Crippen LogP contribution in [0.2, 0.25) is 0 Å². The van der Waals surface area contributed by atoms with E-state index in [1.807, 2.05) is 11.8 Å². The van der Waals surface area contributed by atoms with E-state index in [9.17, 15) is 16.9 Å². The standard InChI is InChI=1S/C10H11NS.6FH.Sb/c1-2-4-10(5-3-1)8-11-6-7-12-9-11;;;;;;;/h1-7H,8-9H2;6*1H;/q;;;;;;;+5/p-6. The van der Waals surface area contributed by atoms with Gasteiger partial charge in [-0.2, -0.15) is 0 Å². The van der Waals surface area contributed by atoms with Crippen LogP contribution >= 0.6 is 11.8 Å². The molecule has 19 heavy (non-hydrogen) atoms. The van der Waals surface area contributed by atoms with Gasteiger partial charge in [0.1, 0.15) is 0 Å². The molecule has 110 valence electrons. The van der Waals surface area contributed by atoms with Gasteiger partial charge in [0.25, 0.3) is 0 Å².